The Morgan fingerprint density at radius 1 is 0.938 bits per heavy atom. The number of allylic oxidation sites excluding steroid dienone is 2. The number of fused-ring (bicyclic) bond motifs is 1. The molecule has 1 aliphatic rings. The predicted molar refractivity (Wildman–Crippen MR) is 115 cm³/mol. The third-order valence-corrected chi connectivity index (χ3v) is 5.11. The van der Waals surface area contributed by atoms with Crippen LogP contribution in [-0.2, 0) is 15.7 Å². The largest absolute Gasteiger partial charge is 0.465 e. The molecule has 0 heterocycles. The minimum atomic E-state index is -4.54. The molecule has 32 heavy (non-hydrogen) atoms. The number of methoxy groups -OCH3 is 1. The Balaban J connectivity index is 1.92. The van der Waals surface area contributed by atoms with Gasteiger partial charge in [0.15, 0.2) is 6.29 Å². The monoisotopic (exact) mass is 435 g/mol. The van der Waals surface area contributed by atoms with Gasteiger partial charge in [-0.1, -0.05) is 36.4 Å². The molecule has 0 spiro atoms. The fraction of sp³-hybridized carbons (Fsp3) is 0.0800. The molecular formula is C25H16F3NO3. The van der Waals surface area contributed by atoms with Crippen molar-refractivity contribution in [2.45, 2.75) is 6.18 Å². The van der Waals surface area contributed by atoms with Gasteiger partial charge in [0.05, 0.1) is 29.6 Å². The quantitative estimate of drug-likeness (QED) is 0.388. The van der Waals surface area contributed by atoms with Crippen LogP contribution in [0.2, 0.25) is 0 Å². The first-order chi connectivity index (χ1) is 15.3. The number of hydrogen-bond acceptors (Lipinski definition) is 4. The van der Waals surface area contributed by atoms with Crippen LogP contribution in [0.3, 0.4) is 0 Å². The van der Waals surface area contributed by atoms with E-state index in [0.717, 1.165) is 12.1 Å². The normalized spacial score (nSPS) is 14.4. The first kappa shape index (κ1) is 21.2. The van der Waals surface area contributed by atoms with Gasteiger partial charge in [-0.25, -0.2) is 9.79 Å². The summed E-state index contributed by atoms with van der Waals surface area (Å²) < 4.78 is 44.6. The average Bonchev–Trinajstić information content (AvgIpc) is 3.11. The molecule has 0 bridgehead atoms. The number of alkyl halides is 3. The van der Waals surface area contributed by atoms with Crippen LogP contribution >= 0.6 is 0 Å². The van der Waals surface area contributed by atoms with Gasteiger partial charge in [-0.15, -0.1) is 0 Å². The molecule has 0 saturated heterocycles. The van der Waals surface area contributed by atoms with Crippen LogP contribution in [-0.4, -0.2) is 25.1 Å². The molecule has 4 nitrogen and oxygen atoms in total. The van der Waals surface area contributed by atoms with Gasteiger partial charge in [0.2, 0.25) is 0 Å². The second kappa shape index (κ2) is 8.26. The molecule has 0 saturated carbocycles. The number of halogens is 3. The molecule has 3 aromatic carbocycles. The Kier molecular flexibility index (Phi) is 5.48. The molecule has 160 valence electrons. The summed E-state index contributed by atoms with van der Waals surface area (Å²) >= 11 is 0. The van der Waals surface area contributed by atoms with Gasteiger partial charge in [-0.3, -0.25) is 4.79 Å². The van der Waals surface area contributed by atoms with Crippen molar-refractivity contribution >= 4 is 34.8 Å². The number of hydrogen-bond donors (Lipinski definition) is 0. The Morgan fingerprint density at radius 3 is 2.22 bits per heavy atom. The van der Waals surface area contributed by atoms with Gasteiger partial charge in [0.25, 0.3) is 0 Å². The minimum absolute atomic E-state index is 0.141. The molecular weight excluding hydrogens is 419 g/mol. The van der Waals surface area contributed by atoms with Crippen LogP contribution in [0.15, 0.2) is 77.8 Å². The number of aliphatic imine (C=N–C) groups is 1. The van der Waals surface area contributed by atoms with Gasteiger partial charge >= 0.3 is 12.1 Å². The summed E-state index contributed by atoms with van der Waals surface area (Å²) in [5.41, 5.74) is 2.21. The number of esters is 1. The summed E-state index contributed by atoms with van der Waals surface area (Å²) in [6.45, 7) is 0. The number of rotatable bonds is 4. The lowest BCUT2D eigenvalue weighted by Crippen LogP contribution is -2.07. The highest BCUT2D eigenvalue weighted by atomic mass is 19.4. The number of carbonyl (C=O) groups is 2. The van der Waals surface area contributed by atoms with Crippen molar-refractivity contribution in [2.24, 2.45) is 4.99 Å². The highest BCUT2D eigenvalue weighted by Gasteiger charge is 2.35. The number of aldehydes is 1. The van der Waals surface area contributed by atoms with Crippen LogP contribution in [0, 0.1) is 0 Å². The van der Waals surface area contributed by atoms with E-state index < -0.39 is 17.7 Å². The van der Waals surface area contributed by atoms with Crippen LogP contribution in [0.25, 0.3) is 11.1 Å². The van der Waals surface area contributed by atoms with Crippen molar-refractivity contribution in [2.75, 3.05) is 7.11 Å². The summed E-state index contributed by atoms with van der Waals surface area (Å²) in [5, 5.41) is 0. The van der Waals surface area contributed by atoms with E-state index >= 15 is 0 Å². The zero-order chi connectivity index (χ0) is 22.9. The lowest BCUT2D eigenvalue weighted by Gasteiger charge is -2.10. The van der Waals surface area contributed by atoms with E-state index in [2.05, 4.69) is 9.73 Å². The summed E-state index contributed by atoms with van der Waals surface area (Å²) in [7, 11) is 1.28. The summed E-state index contributed by atoms with van der Waals surface area (Å²) in [6, 6.07) is 18.5. The molecule has 3 aromatic rings. The standard InChI is InChI=1S/C25H16F3NO3/c1-32-24(31)16-7-10-18(11-8-16)29-23-19-12-9-17(25(26,27)28)13-20(19)21(14-30)22(23)15-5-3-2-4-6-15/h2-14H,1H3. The molecule has 0 N–H and O–H groups in total. The Hall–Kier alpha value is -4.00. The first-order valence-electron chi connectivity index (χ1n) is 9.58. The fourth-order valence-corrected chi connectivity index (χ4v) is 3.60. The fourth-order valence-electron chi connectivity index (χ4n) is 3.60. The van der Waals surface area contributed by atoms with E-state index in [4.69, 9.17) is 0 Å². The number of nitrogens with zero attached hydrogens (tertiary/aromatic N) is 1. The Morgan fingerprint density at radius 2 is 1.62 bits per heavy atom. The number of ether oxygens (including phenoxy) is 1. The van der Waals surface area contributed by atoms with Gasteiger partial charge < -0.3 is 4.74 Å². The predicted octanol–water partition coefficient (Wildman–Crippen LogP) is 5.74. The molecule has 0 atom stereocenters. The van der Waals surface area contributed by atoms with Crippen molar-refractivity contribution in [3.05, 3.63) is 101 Å². The third-order valence-electron chi connectivity index (χ3n) is 5.11. The van der Waals surface area contributed by atoms with Crippen LogP contribution in [0.5, 0.6) is 0 Å². The molecule has 0 aromatic heterocycles. The first-order valence-corrected chi connectivity index (χ1v) is 9.58. The maximum atomic E-state index is 13.3. The van der Waals surface area contributed by atoms with Gasteiger partial charge in [-0.2, -0.15) is 13.2 Å². The zero-order valence-corrected chi connectivity index (χ0v) is 16.8. The molecule has 4 rings (SSSR count). The molecule has 0 amide bonds. The molecule has 0 fully saturated rings. The minimum Gasteiger partial charge on any atom is -0.465 e. The van der Waals surface area contributed by atoms with Crippen molar-refractivity contribution in [1.29, 1.82) is 0 Å². The van der Waals surface area contributed by atoms with E-state index in [1.54, 1.807) is 54.6 Å². The van der Waals surface area contributed by atoms with E-state index in [1.807, 2.05) is 0 Å². The maximum absolute atomic E-state index is 13.3. The van der Waals surface area contributed by atoms with Gasteiger partial charge in [-0.05, 0) is 47.5 Å². The maximum Gasteiger partial charge on any atom is 0.416 e. The third kappa shape index (κ3) is 3.85. The lowest BCUT2D eigenvalue weighted by molar-refractivity contribution is -0.137. The molecule has 0 unspecified atom stereocenters. The molecule has 7 heteroatoms. The topological polar surface area (TPSA) is 55.7 Å². The van der Waals surface area contributed by atoms with Crippen LogP contribution in [0.1, 0.15) is 32.6 Å². The van der Waals surface area contributed by atoms with Crippen LogP contribution < -0.4 is 0 Å². The van der Waals surface area contributed by atoms with Crippen LogP contribution in [0.4, 0.5) is 18.9 Å². The zero-order valence-electron chi connectivity index (χ0n) is 16.8. The highest BCUT2D eigenvalue weighted by Crippen LogP contribution is 2.41. The molecule has 0 aliphatic heterocycles. The summed E-state index contributed by atoms with van der Waals surface area (Å²) in [6.07, 6.45) is -3.98. The SMILES string of the molecule is COC(=O)c1ccc(N=C2C(c3ccccc3)=C(C=O)c3cc(C(F)(F)F)ccc32)cc1. The highest BCUT2D eigenvalue weighted by molar-refractivity contribution is 6.48. The van der Waals surface area contributed by atoms with Crippen molar-refractivity contribution in [3.63, 3.8) is 0 Å². The average molecular weight is 435 g/mol. The van der Waals surface area contributed by atoms with Gasteiger partial charge in [0.1, 0.15) is 0 Å². The Bertz CT molecular complexity index is 1260. The Labute approximate surface area is 181 Å². The van der Waals surface area contributed by atoms with Crippen molar-refractivity contribution < 1.29 is 27.5 Å². The van der Waals surface area contributed by atoms with Crippen molar-refractivity contribution in [3.8, 4) is 0 Å². The smallest absolute Gasteiger partial charge is 0.416 e. The van der Waals surface area contributed by atoms with Gasteiger partial charge in [0, 0.05) is 16.7 Å². The summed E-state index contributed by atoms with van der Waals surface area (Å²) in [4.78, 5) is 28.3. The second-order valence-electron chi connectivity index (χ2n) is 7.03. The van der Waals surface area contributed by atoms with E-state index in [9.17, 15) is 22.8 Å². The molecule has 1 aliphatic carbocycles. The van der Waals surface area contributed by atoms with Crippen molar-refractivity contribution in [1.82, 2.24) is 0 Å². The second-order valence-corrected chi connectivity index (χ2v) is 7.03. The summed E-state index contributed by atoms with van der Waals surface area (Å²) in [5.74, 6) is -0.497. The number of benzene rings is 3. The lowest BCUT2D eigenvalue weighted by atomic mass is 9.99. The number of carbonyl (C=O) groups excluding carboxylic acids is 2. The van der Waals surface area contributed by atoms with E-state index in [-0.39, 0.29) is 11.1 Å². The molecule has 0 radical (unpaired) electrons. The van der Waals surface area contributed by atoms with E-state index in [1.165, 1.54) is 13.2 Å². The van der Waals surface area contributed by atoms with E-state index in [0.29, 0.717) is 39.9 Å².